The zero-order chi connectivity index (χ0) is 11.4. The Morgan fingerprint density at radius 1 is 1.25 bits per heavy atom. The molecule has 2 rings (SSSR count). The predicted octanol–water partition coefficient (Wildman–Crippen LogP) is 1.16. The molecular weight excluding hydrogens is 198 g/mol. The Morgan fingerprint density at radius 3 is 2.69 bits per heavy atom. The van der Waals surface area contributed by atoms with Crippen molar-refractivity contribution in [2.24, 2.45) is 0 Å². The summed E-state index contributed by atoms with van der Waals surface area (Å²) in [6, 6.07) is 8.89. The molecule has 0 saturated carbocycles. The first-order chi connectivity index (χ1) is 7.75. The maximum Gasteiger partial charge on any atom is 0.0370 e. The number of nitrogens with zero attached hydrogens (tertiary/aromatic N) is 2. The summed E-state index contributed by atoms with van der Waals surface area (Å²) < 4.78 is 0. The van der Waals surface area contributed by atoms with Gasteiger partial charge in [-0.2, -0.15) is 0 Å². The molecule has 1 aromatic rings. The van der Waals surface area contributed by atoms with Crippen molar-refractivity contribution in [2.75, 3.05) is 45.2 Å². The molecule has 0 aromatic heterocycles. The van der Waals surface area contributed by atoms with Gasteiger partial charge in [-0.25, -0.2) is 0 Å². The van der Waals surface area contributed by atoms with E-state index >= 15 is 0 Å². The summed E-state index contributed by atoms with van der Waals surface area (Å²) in [6.45, 7) is 5.44. The maximum absolute atomic E-state index is 3.38. The van der Waals surface area contributed by atoms with E-state index < -0.39 is 0 Å². The van der Waals surface area contributed by atoms with E-state index in [1.54, 1.807) is 0 Å². The van der Waals surface area contributed by atoms with Crippen LogP contribution in [0.4, 0.5) is 5.69 Å². The smallest absolute Gasteiger partial charge is 0.0370 e. The van der Waals surface area contributed by atoms with Gasteiger partial charge in [0.05, 0.1) is 0 Å². The molecule has 0 spiro atoms. The zero-order valence-corrected chi connectivity index (χ0v) is 10.2. The average molecular weight is 219 g/mol. The minimum absolute atomic E-state index is 1.01. The van der Waals surface area contributed by atoms with E-state index in [0.717, 1.165) is 32.7 Å². The largest absolute Gasteiger partial charge is 0.369 e. The van der Waals surface area contributed by atoms with Crippen molar-refractivity contribution in [1.29, 1.82) is 0 Å². The van der Waals surface area contributed by atoms with E-state index in [9.17, 15) is 0 Å². The molecule has 0 atom stereocenters. The Hall–Kier alpha value is -1.06. The van der Waals surface area contributed by atoms with Gasteiger partial charge >= 0.3 is 0 Å². The van der Waals surface area contributed by atoms with E-state index in [1.165, 1.54) is 11.3 Å². The van der Waals surface area contributed by atoms with Crippen molar-refractivity contribution in [2.45, 2.75) is 6.54 Å². The average Bonchev–Trinajstić information content (AvgIpc) is 2.30. The van der Waals surface area contributed by atoms with Gasteiger partial charge in [0.25, 0.3) is 0 Å². The van der Waals surface area contributed by atoms with Crippen LogP contribution in [0.3, 0.4) is 0 Å². The molecule has 3 heteroatoms. The van der Waals surface area contributed by atoms with E-state index in [4.69, 9.17) is 0 Å². The van der Waals surface area contributed by atoms with Gasteiger partial charge in [-0.3, -0.25) is 0 Å². The summed E-state index contributed by atoms with van der Waals surface area (Å²) in [5.41, 5.74) is 2.75. The standard InChI is InChI=1S/C13H21N3/c1-15(2)11-12-4-3-5-13(10-12)16-8-6-14-7-9-16/h3-5,10,14H,6-9,11H2,1-2H3. The first kappa shape index (κ1) is 11.4. The van der Waals surface area contributed by atoms with Gasteiger partial charge in [0.2, 0.25) is 0 Å². The molecule has 1 aromatic carbocycles. The lowest BCUT2D eigenvalue weighted by atomic mass is 10.1. The van der Waals surface area contributed by atoms with Gasteiger partial charge in [0.15, 0.2) is 0 Å². The second-order valence-corrected chi connectivity index (χ2v) is 4.64. The van der Waals surface area contributed by atoms with Crippen LogP contribution in [0.25, 0.3) is 0 Å². The van der Waals surface area contributed by atoms with Crippen LogP contribution < -0.4 is 10.2 Å². The molecule has 0 unspecified atom stereocenters. The van der Waals surface area contributed by atoms with Crippen LogP contribution in [0.15, 0.2) is 24.3 Å². The Labute approximate surface area is 98.0 Å². The molecule has 1 N–H and O–H groups in total. The Bertz CT molecular complexity index is 330. The monoisotopic (exact) mass is 219 g/mol. The minimum Gasteiger partial charge on any atom is -0.369 e. The highest BCUT2D eigenvalue weighted by Gasteiger charge is 2.10. The molecule has 1 aliphatic heterocycles. The third kappa shape index (κ3) is 2.97. The van der Waals surface area contributed by atoms with Crippen LogP contribution in [0.5, 0.6) is 0 Å². The van der Waals surface area contributed by atoms with Crippen LogP contribution in [0.1, 0.15) is 5.56 Å². The quantitative estimate of drug-likeness (QED) is 0.823. The van der Waals surface area contributed by atoms with Crippen molar-refractivity contribution in [3.05, 3.63) is 29.8 Å². The number of hydrogen-bond acceptors (Lipinski definition) is 3. The zero-order valence-electron chi connectivity index (χ0n) is 10.2. The molecule has 1 heterocycles. The number of rotatable bonds is 3. The summed E-state index contributed by atoms with van der Waals surface area (Å²) in [6.07, 6.45) is 0. The molecule has 1 aliphatic rings. The maximum atomic E-state index is 3.38. The Balaban J connectivity index is 2.08. The molecule has 0 bridgehead atoms. The molecule has 0 aliphatic carbocycles. The number of benzene rings is 1. The third-order valence-corrected chi connectivity index (χ3v) is 2.89. The third-order valence-electron chi connectivity index (χ3n) is 2.89. The number of anilines is 1. The molecule has 3 nitrogen and oxygen atoms in total. The Morgan fingerprint density at radius 2 is 2.00 bits per heavy atom. The summed E-state index contributed by atoms with van der Waals surface area (Å²) in [4.78, 5) is 4.66. The summed E-state index contributed by atoms with van der Waals surface area (Å²) in [7, 11) is 4.22. The van der Waals surface area contributed by atoms with Gasteiger partial charge in [0, 0.05) is 38.4 Å². The van der Waals surface area contributed by atoms with Crippen molar-refractivity contribution in [3.63, 3.8) is 0 Å². The second kappa shape index (κ2) is 5.32. The topological polar surface area (TPSA) is 18.5 Å². The fraction of sp³-hybridized carbons (Fsp3) is 0.538. The lowest BCUT2D eigenvalue weighted by Gasteiger charge is -2.29. The van der Waals surface area contributed by atoms with E-state index in [2.05, 4.69) is 53.5 Å². The first-order valence-electron chi connectivity index (χ1n) is 5.95. The van der Waals surface area contributed by atoms with Crippen LogP contribution in [0, 0.1) is 0 Å². The summed E-state index contributed by atoms with van der Waals surface area (Å²) >= 11 is 0. The van der Waals surface area contributed by atoms with E-state index in [0.29, 0.717) is 0 Å². The highest BCUT2D eigenvalue weighted by atomic mass is 15.2. The molecule has 88 valence electrons. The van der Waals surface area contributed by atoms with Crippen molar-refractivity contribution < 1.29 is 0 Å². The van der Waals surface area contributed by atoms with Gasteiger partial charge in [-0.05, 0) is 31.8 Å². The van der Waals surface area contributed by atoms with Crippen molar-refractivity contribution >= 4 is 5.69 Å². The van der Waals surface area contributed by atoms with Crippen LogP contribution in [-0.4, -0.2) is 45.2 Å². The summed E-state index contributed by atoms with van der Waals surface area (Å²) in [5.74, 6) is 0. The number of piperazine rings is 1. The van der Waals surface area contributed by atoms with Gasteiger partial charge < -0.3 is 15.1 Å². The fourth-order valence-corrected chi connectivity index (χ4v) is 2.14. The van der Waals surface area contributed by atoms with Gasteiger partial charge in [0.1, 0.15) is 0 Å². The number of nitrogens with one attached hydrogen (secondary N) is 1. The van der Waals surface area contributed by atoms with Crippen molar-refractivity contribution in [1.82, 2.24) is 10.2 Å². The first-order valence-corrected chi connectivity index (χ1v) is 5.95. The minimum atomic E-state index is 1.01. The van der Waals surface area contributed by atoms with Crippen LogP contribution >= 0.6 is 0 Å². The highest BCUT2D eigenvalue weighted by molar-refractivity contribution is 5.49. The van der Waals surface area contributed by atoms with E-state index in [1.807, 2.05) is 0 Å². The molecular formula is C13H21N3. The molecule has 0 radical (unpaired) electrons. The lowest BCUT2D eigenvalue weighted by Crippen LogP contribution is -2.43. The fourth-order valence-electron chi connectivity index (χ4n) is 2.14. The van der Waals surface area contributed by atoms with Crippen LogP contribution in [0.2, 0.25) is 0 Å². The molecule has 0 amide bonds. The lowest BCUT2D eigenvalue weighted by molar-refractivity contribution is 0.402. The normalized spacial score (nSPS) is 16.8. The van der Waals surface area contributed by atoms with Crippen molar-refractivity contribution in [3.8, 4) is 0 Å². The van der Waals surface area contributed by atoms with Crippen LogP contribution in [-0.2, 0) is 6.54 Å². The molecule has 16 heavy (non-hydrogen) atoms. The second-order valence-electron chi connectivity index (χ2n) is 4.64. The molecule has 1 saturated heterocycles. The number of hydrogen-bond donors (Lipinski definition) is 1. The van der Waals surface area contributed by atoms with Gasteiger partial charge in [-0.15, -0.1) is 0 Å². The summed E-state index contributed by atoms with van der Waals surface area (Å²) in [5, 5.41) is 3.38. The predicted molar refractivity (Wildman–Crippen MR) is 68.9 cm³/mol. The Kier molecular flexibility index (Phi) is 3.80. The highest BCUT2D eigenvalue weighted by Crippen LogP contribution is 2.17. The molecule has 1 fully saturated rings. The van der Waals surface area contributed by atoms with Gasteiger partial charge in [-0.1, -0.05) is 12.1 Å². The van der Waals surface area contributed by atoms with E-state index in [-0.39, 0.29) is 0 Å². The SMILES string of the molecule is CN(C)Cc1cccc(N2CCNCC2)c1.